The van der Waals surface area contributed by atoms with Crippen molar-refractivity contribution in [2.75, 3.05) is 13.2 Å². The number of aliphatic carboxylic acids is 1. The average molecular weight is 352 g/mol. The molecular formula is C17H36O7. The van der Waals surface area contributed by atoms with E-state index in [0.29, 0.717) is 6.42 Å². The van der Waals surface area contributed by atoms with Crippen LogP contribution in [0.25, 0.3) is 0 Å². The van der Waals surface area contributed by atoms with Gasteiger partial charge in [0.2, 0.25) is 0 Å². The van der Waals surface area contributed by atoms with Crippen LogP contribution in [-0.4, -0.2) is 68.1 Å². The van der Waals surface area contributed by atoms with Crippen LogP contribution in [0.3, 0.4) is 0 Å². The lowest BCUT2D eigenvalue weighted by Crippen LogP contribution is -2.41. The molecule has 0 aromatic carbocycles. The Bertz CT molecular complexity index is 264. The molecule has 0 aliphatic rings. The van der Waals surface area contributed by atoms with Crippen molar-refractivity contribution in [2.45, 2.75) is 89.4 Å². The van der Waals surface area contributed by atoms with Crippen LogP contribution in [0.5, 0.6) is 0 Å². The highest BCUT2D eigenvalue weighted by atomic mass is 16.4. The zero-order chi connectivity index (χ0) is 18.8. The second kappa shape index (κ2) is 18.6. The molecule has 0 amide bonds. The fourth-order valence-corrected chi connectivity index (χ4v) is 2.06. The minimum atomic E-state index is -1.49. The average Bonchev–Trinajstić information content (AvgIpc) is 2.58. The summed E-state index contributed by atoms with van der Waals surface area (Å²) in [6.07, 6.45) is 7.19. The van der Waals surface area contributed by atoms with Crippen molar-refractivity contribution in [1.82, 2.24) is 0 Å². The number of unbranched alkanes of at least 4 members (excludes halogenated alkanes) is 8. The highest BCUT2D eigenvalue weighted by Crippen LogP contribution is 2.10. The third kappa shape index (κ3) is 17.6. The SMILES string of the molecule is CCCCCCCCCCCC(=O)O.OC[C@@H](O)C(O)[C@@H](O)CO. The number of hydrogen-bond donors (Lipinski definition) is 6. The molecule has 0 fully saturated rings. The number of hydrogen-bond acceptors (Lipinski definition) is 6. The van der Waals surface area contributed by atoms with Gasteiger partial charge < -0.3 is 30.6 Å². The topological polar surface area (TPSA) is 138 Å². The van der Waals surface area contributed by atoms with Crippen molar-refractivity contribution in [3.05, 3.63) is 0 Å². The fourth-order valence-electron chi connectivity index (χ4n) is 2.06. The fraction of sp³-hybridized carbons (Fsp3) is 0.941. The highest BCUT2D eigenvalue weighted by Gasteiger charge is 2.22. The number of aliphatic hydroxyl groups excluding tert-OH is 5. The summed E-state index contributed by atoms with van der Waals surface area (Å²) in [4.78, 5) is 10.2. The number of aliphatic hydroxyl groups is 5. The summed E-state index contributed by atoms with van der Waals surface area (Å²) in [6.45, 7) is 0.947. The van der Waals surface area contributed by atoms with Gasteiger partial charge in [0.25, 0.3) is 0 Å². The second-order valence-electron chi connectivity index (χ2n) is 5.96. The third-order valence-corrected chi connectivity index (χ3v) is 3.66. The zero-order valence-electron chi connectivity index (χ0n) is 14.8. The summed E-state index contributed by atoms with van der Waals surface area (Å²) in [5.74, 6) is -0.659. The summed E-state index contributed by atoms with van der Waals surface area (Å²) in [7, 11) is 0. The third-order valence-electron chi connectivity index (χ3n) is 3.66. The summed E-state index contributed by atoms with van der Waals surface area (Å²) >= 11 is 0. The van der Waals surface area contributed by atoms with E-state index >= 15 is 0 Å². The predicted molar refractivity (Wildman–Crippen MR) is 91.7 cm³/mol. The Hall–Kier alpha value is -0.730. The van der Waals surface area contributed by atoms with E-state index in [4.69, 9.17) is 30.6 Å². The minimum absolute atomic E-state index is 0.343. The predicted octanol–water partition coefficient (Wildman–Crippen LogP) is 1.05. The van der Waals surface area contributed by atoms with E-state index in [9.17, 15) is 4.79 Å². The molecule has 0 rings (SSSR count). The van der Waals surface area contributed by atoms with Gasteiger partial charge in [-0.25, -0.2) is 0 Å². The molecule has 6 N–H and O–H groups in total. The van der Waals surface area contributed by atoms with E-state index in [0.717, 1.165) is 12.8 Å². The molecular weight excluding hydrogens is 316 g/mol. The maximum atomic E-state index is 10.2. The van der Waals surface area contributed by atoms with Crippen LogP contribution in [0.2, 0.25) is 0 Å². The normalized spacial score (nSPS) is 14.4. The van der Waals surface area contributed by atoms with Gasteiger partial charge in [0, 0.05) is 6.42 Å². The number of carboxylic acids is 1. The molecule has 0 spiro atoms. The molecule has 7 heteroatoms. The summed E-state index contributed by atoms with van der Waals surface area (Å²) in [6, 6.07) is 0. The molecule has 0 aromatic rings. The highest BCUT2D eigenvalue weighted by molar-refractivity contribution is 5.66. The van der Waals surface area contributed by atoms with Gasteiger partial charge in [-0.3, -0.25) is 4.79 Å². The molecule has 0 radical (unpaired) electrons. The first-order chi connectivity index (χ1) is 11.4. The van der Waals surface area contributed by atoms with Crippen molar-refractivity contribution in [1.29, 1.82) is 0 Å². The minimum Gasteiger partial charge on any atom is -0.481 e. The first-order valence-electron chi connectivity index (χ1n) is 8.88. The van der Waals surface area contributed by atoms with Crippen LogP contribution in [0, 0.1) is 0 Å². The molecule has 0 aliphatic heterocycles. The van der Waals surface area contributed by atoms with Gasteiger partial charge in [-0.05, 0) is 6.42 Å². The lowest BCUT2D eigenvalue weighted by molar-refractivity contribution is -0.137. The van der Waals surface area contributed by atoms with Gasteiger partial charge in [0.15, 0.2) is 0 Å². The van der Waals surface area contributed by atoms with E-state index in [1.165, 1.54) is 44.9 Å². The lowest BCUT2D eigenvalue weighted by Gasteiger charge is -2.19. The van der Waals surface area contributed by atoms with Gasteiger partial charge in [-0.2, -0.15) is 0 Å². The largest absolute Gasteiger partial charge is 0.481 e. The van der Waals surface area contributed by atoms with E-state index in [1.54, 1.807) is 0 Å². The van der Waals surface area contributed by atoms with Crippen LogP contribution in [-0.2, 0) is 4.79 Å². The molecule has 0 saturated heterocycles. The Kier molecular flexibility index (Phi) is 19.8. The first-order valence-corrected chi connectivity index (χ1v) is 8.88. The Morgan fingerprint density at radius 3 is 1.46 bits per heavy atom. The standard InChI is InChI=1S/C12H24O2.C5H12O5/c1-2-3-4-5-6-7-8-9-10-11-12(13)14;6-1-3(8)5(10)4(9)2-7/h2-11H2,1H3,(H,13,14);3-10H,1-2H2/t;3-,4+,5?. The Labute approximate surface area is 145 Å². The van der Waals surface area contributed by atoms with E-state index in [-0.39, 0.29) is 0 Å². The quantitative estimate of drug-likeness (QED) is 0.257. The molecule has 146 valence electrons. The van der Waals surface area contributed by atoms with E-state index in [1.807, 2.05) is 0 Å². The number of carboxylic acid groups (broad SMARTS) is 1. The van der Waals surface area contributed by atoms with Crippen molar-refractivity contribution < 1.29 is 35.4 Å². The van der Waals surface area contributed by atoms with Crippen LogP contribution >= 0.6 is 0 Å². The molecule has 24 heavy (non-hydrogen) atoms. The van der Waals surface area contributed by atoms with Gasteiger partial charge in [0.05, 0.1) is 13.2 Å². The van der Waals surface area contributed by atoms with E-state index < -0.39 is 37.5 Å². The van der Waals surface area contributed by atoms with Gasteiger partial charge in [-0.1, -0.05) is 58.3 Å². The van der Waals surface area contributed by atoms with Crippen molar-refractivity contribution in [3.63, 3.8) is 0 Å². The molecule has 0 aromatic heterocycles. The molecule has 7 nitrogen and oxygen atoms in total. The summed E-state index contributed by atoms with van der Waals surface area (Å²) < 4.78 is 0. The lowest BCUT2D eigenvalue weighted by atomic mass is 10.1. The van der Waals surface area contributed by atoms with Crippen LogP contribution < -0.4 is 0 Å². The summed E-state index contributed by atoms with van der Waals surface area (Å²) in [5, 5.41) is 51.0. The van der Waals surface area contributed by atoms with Crippen LogP contribution in [0.15, 0.2) is 0 Å². The molecule has 0 bridgehead atoms. The number of rotatable bonds is 14. The van der Waals surface area contributed by atoms with Crippen molar-refractivity contribution >= 4 is 5.97 Å². The smallest absolute Gasteiger partial charge is 0.303 e. The Morgan fingerprint density at radius 1 is 0.750 bits per heavy atom. The first kappa shape index (κ1) is 25.5. The molecule has 3 atom stereocenters. The van der Waals surface area contributed by atoms with Gasteiger partial charge >= 0.3 is 5.97 Å². The van der Waals surface area contributed by atoms with Gasteiger partial charge in [-0.15, -0.1) is 0 Å². The second-order valence-corrected chi connectivity index (χ2v) is 5.96. The van der Waals surface area contributed by atoms with Gasteiger partial charge in [0.1, 0.15) is 18.3 Å². The van der Waals surface area contributed by atoms with Crippen LogP contribution in [0.4, 0.5) is 0 Å². The molecule has 0 saturated carbocycles. The van der Waals surface area contributed by atoms with Crippen LogP contribution in [0.1, 0.15) is 71.1 Å². The monoisotopic (exact) mass is 352 g/mol. The number of carbonyl (C=O) groups is 1. The summed E-state index contributed by atoms with van der Waals surface area (Å²) in [5.41, 5.74) is 0. The molecule has 0 aliphatic carbocycles. The maximum absolute atomic E-state index is 10.2. The Balaban J connectivity index is 0. The maximum Gasteiger partial charge on any atom is 0.303 e. The molecule has 1 unspecified atom stereocenters. The van der Waals surface area contributed by atoms with Crippen molar-refractivity contribution in [2.24, 2.45) is 0 Å². The Morgan fingerprint density at radius 2 is 1.12 bits per heavy atom. The van der Waals surface area contributed by atoms with Crippen molar-refractivity contribution in [3.8, 4) is 0 Å². The zero-order valence-corrected chi connectivity index (χ0v) is 14.8. The molecule has 0 heterocycles. The van der Waals surface area contributed by atoms with E-state index in [2.05, 4.69) is 6.92 Å².